The van der Waals surface area contributed by atoms with Gasteiger partial charge in [0.25, 0.3) is 0 Å². The number of hydrogen-bond donors (Lipinski definition) is 1. The average molecular weight is 473 g/mol. The lowest BCUT2D eigenvalue weighted by Crippen LogP contribution is -2.49. The maximum absolute atomic E-state index is 12.5. The minimum absolute atomic E-state index is 0.0425. The second-order valence-corrected chi connectivity index (χ2v) is 7.88. The van der Waals surface area contributed by atoms with Crippen molar-refractivity contribution in [1.82, 2.24) is 20.0 Å². The summed E-state index contributed by atoms with van der Waals surface area (Å²) < 4.78 is 48.4. The molecule has 1 aliphatic heterocycles. The number of halogens is 3. The van der Waals surface area contributed by atoms with Crippen LogP contribution in [0.25, 0.3) is 0 Å². The predicted octanol–water partition coefficient (Wildman–Crippen LogP) is 2.46. The molecule has 32 heavy (non-hydrogen) atoms. The van der Waals surface area contributed by atoms with Gasteiger partial charge in [-0.3, -0.25) is 14.5 Å². The molecular weight excluding hydrogens is 451 g/mol. The number of methoxy groups -OCH3 is 1. The Morgan fingerprint density at radius 3 is 2.31 bits per heavy atom. The number of amides is 2. The van der Waals surface area contributed by atoms with E-state index >= 15 is 0 Å². The minimum Gasteiger partial charge on any atom is -0.497 e. The number of ether oxygens (including phenoxy) is 2. The number of hydrogen-bond acceptors (Lipinski definition) is 8. The van der Waals surface area contributed by atoms with Gasteiger partial charge in [-0.1, -0.05) is 11.3 Å². The van der Waals surface area contributed by atoms with Crippen molar-refractivity contribution < 1.29 is 32.2 Å². The Bertz CT molecular complexity index is 914. The molecule has 1 saturated heterocycles. The van der Waals surface area contributed by atoms with E-state index < -0.39 is 17.1 Å². The lowest BCUT2D eigenvalue weighted by Gasteiger charge is -2.34. The van der Waals surface area contributed by atoms with E-state index in [1.165, 1.54) is 0 Å². The van der Waals surface area contributed by atoms with E-state index in [1.807, 2.05) is 24.3 Å². The van der Waals surface area contributed by atoms with Gasteiger partial charge in [-0.15, -0.1) is 10.2 Å². The summed E-state index contributed by atoms with van der Waals surface area (Å²) >= 11 is 0.237. The van der Waals surface area contributed by atoms with E-state index in [1.54, 1.807) is 12.0 Å². The monoisotopic (exact) mass is 473 g/mol. The summed E-state index contributed by atoms with van der Waals surface area (Å²) in [5, 5.41) is 7.14. The molecule has 3 rings (SSSR count). The predicted molar refractivity (Wildman–Crippen MR) is 109 cm³/mol. The largest absolute Gasteiger partial charge is 0.497 e. The van der Waals surface area contributed by atoms with Gasteiger partial charge in [0.05, 0.1) is 7.11 Å². The van der Waals surface area contributed by atoms with E-state index in [2.05, 4.69) is 20.4 Å². The van der Waals surface area contributed by atoms with Crippen molar-refractivity contribution in [2.45, 2.75) is 19.0 Å². The van der Waals surface area contributed by atoms with Crippen molar-refractivity contribution >= 4 is 28.3 Å². The molecule has 0 saturated carbocycles. The highest BCUT2D eigenvalue weighted by Gasteiger charge is 2.35. The van der Waals surface area contributed by atoms with Crippen LogP contribution in [0.4, 0.5) is 18.3 Å². The van der Waals surface area contributed by atoms with Crippen LogP contribution in [0, 0.1) is 0 Å². The van der Waals surface area contributed by atoms with Gasteiger partial charge in [0, 0.05) is 39.0 Å². The summed E-state index contributed by atoms with van der Waals surface area (Å²) in [5.74, 6) is 0.680. The Morgan fingerprint density at radius 1 is 1.06 bits per heavy atom. The minimum atomic E-state index is -4.61. The van der Waals surface area contributed by atoms with Crippen LogP contribution in [0.1, 0.15) is 17.8 Å². The maximum atomic E-state index is 12.5. The zero-order valence-corrected chi connectivity index (χ0v) is 18.0. The lowest BCUT2D eigenvalue weighted by atomic mass is 10.2. The van der Waals surface area contributed by atoms with Crippen molar-refractivity contribution in [1.29, 1.82) is 0 Å². The number of rotatable bonds is 8. The summed E-state index contributed by atoms with van der Waals surface area (Å²) in [6.07, 6.45) is -4.81. The van der Waals surface area contributed by atoms with E-state index in [9.17, 15) is 22.8 Å². The smallest absolute Gasteiger partial charge is 0.445 e. The Morgan fingerprint density at radius 2 is 1.72 bits per heavy atom. The third-order valence-electron chi connectivity index (χ3n) is 4.68. The van der Waals surface area contributed by atoms with Crippen LogP contribution in [0.15, 0.2) is 24.3 Å². The number of carbonyl (C=O) groups is 2. The highest BCUT2D eigenvalue weighted by Crippen LogP contribution is 2.33. The molecule has 9 nitrogen and oxygen atoms in total. The standard InChI is InChI=1S/C19H22F3N5O4S/c1-30-13-2-4-14(5-3-13)31-12-26-8-10-27(11-9-26)16(29)7-6-15(28)23-18-25-24-17(32-18)19(20,21)22/h2-5H,6-12H2,1H3,(H,23,25,28). The van der Waals surface area contributed by atoms with Gasteiger partial charge in [0.2, 0.25) is 22.0 Å². The lowest BCUT2D eigenvalue weighted by molar-refractivity contribution is -0.138. The van der Waals surface area contributed by atoms with Crippen LogP contribution in [0.2, 0.25) is 0 Å². The zero-order valence-electron chi connectivity index (χ0n) is 17.2. The number of nitrogens with zero attached hydrogens (tertiary/aromatic N) is 4. The molecule has 1 aromatic carbocycles. The first kappa shape index (κ1) is 23.7. The molecule has 0 bridgehead atoms. The van der Waals surface area contributed by atoms with Crippen LogP contribution < -0.4 is 14.8 Å². The van der Waals surface area contributed by atoms with E-state index in [4.69, 9.17) is 9.47 Å². The second kappa shape index (κ2) is 10.6. The fraction of sp³-hybridized carbons (Fsp3) is 0.474. The molecule has 1 aliphatic rings. The van der Waals surface area contributed by atoms with Crippen molar-refractivity contribution in [3.8, 4) is 11.5 Å². The normalized spacial score (nSPS) is 14.8. The van der Waals surface area contributed by atoms with Crippen molar-refractivity contribution in [2.75, 3.05) is 45.3 Å². The Hall–Kier alpha value is -2.93. The molecule has 2 heterocycles. The molecular formula is C19H22F3N5O4S. The summed E-state index contributed by atoms with van der Waals surface area (Å²) in [6, 6.07) is 7.25. The molecule has 13 heteroatoms. The van der Waals surface area contributed by atoms with Gasteiger partial charge in [-0.2, -0.15) is 13.2 Å². The molecule has 0 aliphatic carbocycles. The molecule has 0 radical (unpaired) electrons. The van der Waals surface area contributed by atoms with Crippen LogP contribution in [-0.2, 0) is 15.8 Å². The third kappa shape index (κ3) is 6.79. The molecule has 1 aromatic heterocycles. The van der Waals surface area contributed by atoms with Crippen LogP contribution in [-0.4, -0.2) is 71.8 Å². The fourth-order valence-electron chi connectivity index (χ4n) is 2.91. The molecule has 1 fully saturated rings. The molecule has 2 amide bonds. The topological polar surface area (TPSA) is 96.9 Å². The summed E-state index contributed by atoms with van der Waals surface area (Å²) in [6.45, 7) is 2.63. The van der Waals surface area contributed by atoms with Gasteiger partial charge in [-0.05, 0) is 24.3 Å². The second-order valence-electron chi connectivity index (χ2n) is 6.91. The number of carbonyl (C=O) groups excluding carboxylic acids is 2. The number of aromatic nitrogens is 2. The average Bonchev–Trinajstić information content (AvgIpc) is 3.26. The Balaban J connectivity index is 1.35. The summed E-state index contributed by atoms with van der Waals surface area (Å²) in [5.41, 5.74) is 0. The van der Waals surface area contributed by atoms with Crippen molar-refractivity contribution in [2.24, 2.45) is 0 Å². The van der Waals surface area contributed by atoms with Gasteiger partial charge < -0.3 is 19.7 Å². The zero-order chi connectivity index (χ0) is 23.1. The van der Waals surface area contributed by atoms with Crippen molar-refractivity contribution in [3.05, 3.63) is 29.3 Å². The number of alkyl halides is 3. The maximum Gasteiger partial charge on any atom is 0.445 e. The molecule has 1 N–H and O–H groups in total. The van der Waals surface area contributed by atoms with Crippen LogP contribution in [0.3, 0.4) is 0 Å². The number of anilines is 1. The highest BCUT2D eigenvalue weighted by atomic mass is 32.1. The van der Waals surface area contributed by atoms with E-state index in [-0.39, 0.29) is 35.2 Å². The van der Waals surface area contributed by atoms with Gasteiger partial charge >= 0.3 is 6.18 Å². The van der Waals surface area contributed by atoms with Crippen LogP contribution >= 0.6 is 11.3 Å². The first-order chi connectivity index (χ1) is 15.2. The fourth-order valence-corrected chi connectivity index (χ4v) is 3.54. The summed E-state index contributed by atoms with van der Waals surface area (Å²) in [4.78, 5) is 28.0. The SMILES string of the molecule is COc1ccc(OCN2CCN(C(=O)CCC(=O)Nc3nnc(C(F)(F)F)s3)CC2)cc1. The quantitative estimate of drug-likeness (QED) is 0.629. The molecule has 0 atom stereocenters. The van der Waals surface area contributed by atoms with E-state index in [0.717, 1.165) is 5.75 Å². The highest BCUT2D eigenvalue weighted by molar-refractivity contribution is 7.15. The van der Waals surface area contributed by atoms with Gasteiger partial charge in [0.15, 0.2) is 0 Å². The molecule has 174 valence electrons. The number of benzene rings is 1. The molecule has 0 spiro atoms. The van der Waals surface area contributed by atoms with Crippen LogP contribution in [0.5, 0.6) is 11.5 Å². The van der Waals surface area contributed by atoms with Gasteiger partial charge in [0.1, 0.15) is 18.2 Å². The number of nitrogens with one attached hydrogen (secondary N) is 1. The Kier molecular flexibility index (Phi) is 7.85. The Labute approximate surface area is 186 Å². The van der Waals surface area contributed by atoms with Gasteiger partial charge in [-0.25, -0.2) is 0 Å². The number of piperazine rings is 1. The molecule has 0 unspecified atom stereocenters. The first-order valence-corrected chi connectivity index (χ1v) is 10.5. The third-order valence-corrected chi connectivity index (χ3v) is 5.56. The summed E-state index contributed by atoms with van der Waals surface area (Å²) in [7, 11) is 1.59. The first-order valence-electron chi connectivity index (χ1n) is 9.72. The van der Waals surface area contributed by atoms with E-state index in [0.29, 0.717) is 38.7 Å². The molecule has 2 aromatic rings. The van der Waals surface area contributed by atoms with Crippen molar-refractivity contribution in [3.63, 3.8) is 0 Å².